The first kappa shape index (κ1) is 8.55. The molecule has 1 aromatic rings. The van der Waals surface area contributed by atoms with Gasteiger partial charge in [0.25, 0.3) is 0 Å². The Kier molecular flexibility index (Phi) is 3.38. The van der Waals surface area contributed by atoms with Gasteiger partial charge in [0, 0.05) is 0 Å². The molecule has 2 heteroatoms. The number of hydrogen-bond acceptors (Lipinski definition) is 1. The maximum Gasteiger partial charge on any atom is 0.119 e. The molecule has 1 nitrogen and oxygen atoms in total. The lowest BCUT2D eigenvalue weighted by Crippen LogP contribution is -1.88. The first-order chi connectivity index (χ1) is 5.36. The second-order valence-electron chi connectivity index (χ2n) is 2.31. The molecule has 1 atom stereocenters. The molecule has 0 N–H and O–H groups in total. The molecule has 0 heterocycles. The highest BCUT2D eigenvalue weighted by molar-refractivity contribution is 7.16. The molecule has 0 aliphatic carbocycles. The Hall–Kier alpha value is -0.550. The summed E-state index contributed by atoms with van der Waals surface area (Å²) >= 11 is 0. The molecule has 0 bridgehead atoms. The van der Waals surface area contributed by atoms with Gasteiger partial charge in [0.05, 0.1) is 0 Å². The number of benzene rings is 1. The van der Waals surface area contributed by atoms with E-state index < -0.39 is 0 Å². The SMILES string of the molecule is CCc1ccc(OCP)cc1. The summed E-state index contributed by atoms with van der Waals surface area (Å²) in [6.07, 6.45) is 1.74. The van der Waals surface area contributed by atoms with E-state index in [1.54, 1.807) is 0 Å². The lowest BCUT2D eigenvalue weighted by Gasteiger charge is -2.02. The van der Waals surface area contributed by atoms with Gasteiger partial charge in [-0.3, -0.25) is 0 Å². The van der Waals surface area contributed by atoms with E-state index in [0.717, 1.165) is 12.2 Å². The lowest BCUT2D eigenvalue weighted by molar-refractivity contribution is 0.392. The Labute approximate surface area is 70.0 Å². The van der Waals surface area contributed by atoms with Crippen LogP contribution in [0.15, 0.2) is 24.3 Å². The molecular weight excluding hydrogens is 155 g/mol. The molecule has 0 aliphatic heterocycles. The standard InChI is InChI=1S/C9H13OP/c1-2-8-3-5-9(6-4-8)10-7-11/h3-6H,2,7,11H2,1H3. The van der Waals surface area contributed by atoms with Gasteiger partial charge < -0.3 is 4.74 Å². The van der Waals surface area contributed by atoms with Crippen LogP contribution >= 0.6 is 9.24 Å². The smallest absolute Gasteiger partial charge is 0.119 e. The minimum absolute atomic E-state index is 0.658. The van der Waals surface area contributed by atoms with Crippen molar-refractivity contribution >= 4 is 9.24 Å². The molecule has 0 saturated heterocycles. The number of hydrogen-bond donors (Lipinski definition) is 0. The molecule has 0 radical (unpaired) electrons. The van der Waals surface area contributed by atoms with Crippen LogP contribution in [0.25, 0.3) is 0 Å². The Bertz CT molecular complexity index is 205. The molecule has 11 heavy (non-hydrogen) atoms. The quantitative estimate of drug-likeness (QED) is 0.630. The first-order valence-corrected chi connectivity index (χ1v) is 4.60. The summed E-state index contributed by atoms with van der Waals surface area (Å²) < 4.78 is 5.27. The summed E-state index contributed by atoms with van der Waals surface area (Å²) in [6, 6.07) is 8.19. The van der Waals surface area contributed by atoms with E-state index in [1.807, 2.05) is 12.1 Å². The topological polar surface area (TPSA) is 9.23 Å². The molecule has 0 fully saturated rings. The zero-order valence-corrected chi connectivity index (χ0v) is 7.86. The summed E-state index contributed by atoms with van der Waals surface area (Å²) in [7, 11) is 2.53. The highest BCUT2D eigenvalue weighted by Crippen LogP contribution is 2.12. The Morgan fingerprint density at radius 3 is 2.36 bits per heavy atom. The van der Waals surface area contributed by atoms with Crippen LogP contribution in [0.2, 0.25) is 0 Å². The van der Waals surface area contributed by atoms with Crippen LogP contribution in [0.4, 0.5) is 0 Å². The summed E-state index contributed by atoms with van der Waals surface area (Å²) in [5.41, 5.74) is 1.35. The van der Waals surface area contributed by atoms with Crippen molar-refractivity contribution in [1.82, 2.24) is 0 Å². The number of rotatable bonds is 3. The van der Waals surface area contributed by atoms with Gasteiger partial charge in [-0.1, -0.05) is 28.3 Å². The fourth-order valence-electron chi connectivity index (χ4n) is 0.918. The second-order valence-corrected chi connectivity index (χ2v) is 2.64. The Morgan fingerprint density at radius 1 is 1.27 bits per heavy atom. The average Bonchev–Trinajstić information content (AvgIpc) is 2.07. The van der Waals surface area contributed by atoms with Gasteiger partial charge in [0.15, 0.2) is 0 Å². The van der Waals surface area contributed by atoms with E-state index >= 15 is 0 Å². The average molecular weight is 168 g/mol. The summed E-state index contributed by atoms with van der Waals surface area (Å²) in [5, 5.41) is 0. The maximum atomic E-state index is 5.27. The third-order valence-corrected chi connectivity index (χ3v) is 1.75. The maximum absolute atomic E-state index is 5.27. The molecule has 60 valence electrons. The van der Waals surface area contributed by atoms with Gasteiger partial charge in [-0.15, -0.1) is 0 Å². The van der Waals surface area contributed by atoms with E-state index in [2.05, 4.69) is 28.3 Å². The van der Waals surface area contributed by atoms with Crippen LogP contribution in [-0.2, 0) is 6.42 Å². The molecule has 0 amide bonds. The van der Waals surface area contributed by atoms with E-state index in [4.69, 9.17) is 4.74 Å². The monoisotopic (exact) mass is 168 g/mol. The summed E-state index contributed by atoms with van der Waals surface area (Å²) in [5.74, 6) is 0.942. The van der Waals surface area contributed by atoms with Crippen LogP contribution in [0.1, 0.15) is 12.5 Å². The third kappa shape index (κ3) is 2.51. The molecule has 1 unspecified atom stereocenters. The normalized spacial score (nSPS) is 9.64. The summed E-state index contributed by atoms with van der Waals surface area (Å²) in [6.45, 7) is 2.14. The van der Waals surface area contributed by atoms with Crippen molar-refractivity contribution in [1.29, 1.82) is 0 Å². The van der Waals surface area contributed by atoms with Gasteiger partial charge in [0.2, 0.25) is 0 Å². The van der Waals surface area contributed by atoms with Crippen molar-refractivity contribution in [2.75, 3.05) is 6.35 Å². The predicted molar refractivity (Wildman–Crippen MR) is 51.0 cm³/mol. The zero-order chi connectivity index (χ0) is 8.10. The highest BCUT2D eigenvalue weighted by atomic mass is 31.0. The number of ether oxygens (including phenoxy) is 1. The van der Waals surface area contributed by atoms with E-state index in [0.29, 0.717) is 6.35 Å². The minimum atomic E-state index is 0.658. The van der Waals surface area contributed by atoms with Crippen LogP contribution in [0.3, 0.4) is 0 Å². The van der Waals surface area contributed by atoms with Crippen molar-refractivity contribution in [3.05, 3.63) is 29.8 Å². The van der Waals surface area contributed by atoms with Crippen molar-refractivity contribution in [2.24, 2.45) is 0 Å². The predicted octanol–water partition coefficient (Wildman–Crippen LogP) is 2.46. The van der Waals surface area contributed by atoms with Gasteiger partial charge >= 0.3 is 0 Å². The van der Waals surface area contributed by atoms with Crippen LogP contribution in [0, 0.1) is 0 Å². The van der Waals surface area contributed by atoms with Crippen LogP contribution in [0.5, 0.6) is 5.75 Å². The van der Waals surface area contributed by atoms with Crippen molar-refractivity contribution < 1.29 is 4.74 Å². The largest absolute Gasteiger partial charge is 0.490 e. The van der Waals surface area contributed by atoms with Crippen LogP contribution < -0.4 is 4.74 Å². The summed E-state index contributed by atoms with van der Waals surface area (Å²) in [4.78, 5) is 0. The van der Waals surface area contributed by atoms with Crippen molar-refractivity contribution in [3.63, 3.8) is 0 Å². The molecular formula is C9H13OP. The van der Waals surface area contributed by atoms with E-state index in [-0.39, 0.29) is 0 Å². The number of aryl methyl sites for hydroxylation is 1. The molecule has 0 aliphatic rings. The Balaban J connectivity index is 2.66. The fourth-order valence-corrected chi connectivity index (χ4v) is 1.11. The third-order valence-electron chi connectivity index (χ3n) is 1.58. The molecule has 0 aromatic heterocycles. The lowest BCUT2D eigenvalue weighted by atomic mass is 10.2. The van der Waals surface area contributed by atoms with Crippen molar-refractivity contribution in [3.8, 4) is 5.75 Å². The van der Waals surface area contributed by atoms with Gasteiger partial charge in [-0.2, -0.15) is 0 Å². The zero-order valence-electron chi connectivity index (χ0n) is 6.71. The van der Waals surface area contributed by atoms with Gasteiger partial charge in [-0.25, -0.2) is 0 Å². The fraction of sp³-hybridized carbons (Fsp3) is 0.333. The van der Waals surface area contributed by atoms with Crippen LogP contribution in [-0.4, -0.2) is 6.35 Å². The van der Waals surface area contributed by atoms with Gasteiger partial charge in [0.1, 0.15) is 12.1 Å². The van der Waals surface area contributed by atoms with Gasteiger partial charge in [-0.05, 0) is 24.1 Å². The molecule has 1 aromatic carbocycles. The van der Waals surface area contributed by atoms with E-state index in [9.17, 15) is 0 Å². The Morgan fingerprint density at radius 2 is 1.91 bits per heavy atom. The first-order valence-electron chi connectivity index (χ1n) is 3.78. The molecule has 1 rings (SSSR count). The minimum Gasteiger partial charge on any atom is -0.490 e. The van der Waals surface area contributed by atoms with E-state index in [1.165, 1.54) is 5.56 Å². The molecule has 0 spiro atoms. The highest BCUT2D eigenvalue weighted by Gasteiger charge is 1.90. The molecule has 0 saturated carbocycles. The van der Waals surface area contributed by atoms with Crippen molar-refractivity contribution in [2.45, 2.75) is 13.3 Å². The second kappa shape index (κ2) is 4.35.